The van der Waals surface area contributed by atoms with Crippen molar-refractivity contribution in [1.29, 1.82) is 0 Å². The zero-order valence-corrected chi connectivity index (χ0v) is 13.0. The molecule has 1 heterocycles. The Labute approximate surface area is 128 Å². The van der Waals surface area contributed by atoms with Crippen molar-refractivity contribution in [3.63, 3.8) is 0 Å². The van der Waals surface area contributed by atoms with Crippen LogP contribution in [0.2, 0.25) is 0 Å². The SMILES string of the molecule is O=C(c1ccc(CN2CCCCC2)cc1)C1CCCCC1. The van der Waals surface area contributed by atoms with Gasteiger partial charge in [-0.1, -0.05) is 49.9 Å². The molecule has 0 N–H and O–H groups in total. The average Bonchev–Trinajstić information content (AvgIpc) is 2.57. The molecule has 0 unspecified atom stereocenters. The van der Waals surface area contributed by atoms with Crippen molar-refractivity contribution in [1.82, 2.24) is 4.90 Å². The number of benzene rings is 1. The number of rotatable bonds is 4. The van der Waals surface area contributed by atoms with Crippen LogP contribution in [-0.2, 0) is 6.54 Å². The van der Waals surface area contributed by atoms with E-state index in [2.05, 4.69) is 29.2 Å². The maximum Gasteiger partial charge on any atom is 0.165 e. The molecule has 1 saturated carbocycles. The lowest BCUT2D eigenvalue weighted by Gasteiger charge is -2.26. The molecule has 1 aromatic rings. The van der Waals surface area contributed by atoms with Gasteiger partial charge in [-0.25, -0.2) is 0 Å². The van der Waals surface area contributed by atoms with Gasteiger partial charge in [-0.15, -0.1) is 0 Å². The van der Waals surface area contributed by atoms with Gasteiger partial charge >= 0.3 is 0 Å². The highest BCUT2D eigenvalue weighted by molar-refractivity contribution is 5.97. The molecule has 1 saturated heterocycles. The molecule has 0 spiro atoms. The fraction of sp³-hybridized carbons (Fsp3) is 0.632. The van der Waals surface area contributed by atoms with Crippen LogP contribution < -0.4 is 0 Å². The first-order valence-corrected chi connectivity index (χ1v) is 8.68. The second kappa shape index (κ2) is 7.22. The fourth-order valence-corrected chi connectivity index (χ4v) is 3.75. The van der Waals surface area contributed by atoms with Crippen LogP contribution >= 0.6 is 0 Å². The summed E-state index contributed by atoms with van der Waals surface area (Å²) in [6.45, 7) is 3.49. The van der Waals surface area contributed by atoms with E-state index in [-0.39, 0.29) is 5.92 Å². The van der Waals surface area contributed by atoms with E-state index in [1.54, 1.807) is 0 Å². The normalized spacial score (nSPS) is 21.3. The summed E-state index contributed by atoms with van der Waals surface area (Å²) >= 11 is 0. The van der Waals surface area contributed by atoms with Gasteiger partial charge in [0.2, 0.25) is 0 Å². The van der Waals surface area contributed by atoms with Gasteiger partial charge in [-0.05, 0) is 44.3 Å². The maximum atomic E-state index is 12.5. The van der Waals surface area contributed by atoms with Crippen LogP contribution in [0, 0.1) is 5.92 Å². The van der Waals surface area contributed by atoms with Crippen molar-refractivity contribution in [3.8, 4) is 0 Å². The molecule has 1 aromatic carbocycles. The number of piperidine rings is 1. The molecular weight excluding hydrogens is 258 g/mol. The molecule has 0 bridgehead atoms. The summed E-state index contributed by atoms with van der Waals surface area (Å²) in [4.78, 5) is 15.0. The lowest BCUT2D eigenvalue weighted by atomic mass is 9.84. The van der Waals surface area contributed by atoms with Gasteiger partial charge < -0.3 is 0 Å². The van der Waals surface area contributed by atoms with Gasteiger partial charge in [0.25, 0.3) is 0 Å². The highest BCUT2D eigenvalue weighted by Crippen LogP contribution is 2.27. The lowest BCUT2D eigenvalue weighted by molar-refractivity contribution is 0.0889. The summed E-state index contributed by atoms with van der Waals surface area (Å²) in [5.41, 5.74) is 2.27. The van der Waals surface area contributed by atoms with E-state index in [0.717, 1.165) is 24.9 Å². The smallest absolute Gasteiger partial charge is 0.165 e. The van der Waals surface area contributed by atoms with Crippen LogP contribution in [0.4, 0.5) is 0 Å². The number of Topliss-reactive ketones (excluding diaryl/α,β-unsaturated/α-hetero) is 1. The molecule has 2 heteroatoms. The first-order chi connectivity index (χ1) is 10.3. The van der Waals surface area contributed by atoms with Gasteiger partial charge in [0.05, 0.1) is 0 Å². The van der Waals surface area contributed by atoms with Crippen molar-refractivity contribution >= 4 is 5.78 Å². The molecule has 2 aliphatic rings. The van der Waals surface area contributed by atoms with Crippen molar-refractivity contribution in [2.45, 2.75) is 57.9 Å². The zero-order valence-electron chi connectivity index (χ0n) is 13.0. The van der Waals surface area contributed by atoms with Crippen LogP contribution in [0.3, 0.4) is 0 Å². The average molecular weight is 285 g/mol. The van der Waals surface area contributed by atoms with Crippen LogP contribution in [0.15, 0.2) is 24.3 Å². The standard InChI is InChI=1S/C19H27NO/c21-19(17-7-3-1-4-8-17)18-11-9-16(10-12-18)15-20-13-5-2-6-14-20/h9-12,17H,1-8,13-15H2. The van der Waals surface area contributed by atoms with Gasteiger partial charge in [-0.3, -0.25) is 9.69 Å². The molecule has 0 amide bonds. The molecule has 21 heavy (non-hydrogen) atoms. The molecule has 114 valence electrons. The predicted octanol–water partition coefficient (Wildman–Crippen LogP) is 4.44. The first kappa shape index (κ1) is 14.8. The molecule has 1 aliphatic heterocycles. The molecule has 0 aromatic heterocycles. The summed E-state index contributed by atoms with van der Waals surface area (Å²) in [5.74, 6) is 0.658. The topological polar surface area (TPSA) is 20.3 Å². The number of hydrogen-bond donors (Lipinski definition) is 0. The Morgan fingerprint density at radius 3 is 2.19 bits per heavy atom. The van der Waals surface area contributed by atoms with E-state index in [0.29, 0.717) is 5.78 Å². The van der Waals surface area contributed by atoms with E-state index in [1.165, 1.54) is 57.2 Å². The Hall–Kier alpha value is -1.15. The van der Waals surface area contributed by atoms with E-state index in [4.69, 9.17) is 0 Å². The Bertz CT molecular complexity index is 453. The molecule has 0 radical (unpaired) electrons. The number of hydrogen-bond acceptors (Lipinski definition) is 2. The zero-order chi connectivity index (χ0) is 14.5. The third-order valence-electron chi connectivity index (χ3n) is 5.07. The van der Waals surface area contributed by atoms with E-state index >= 15 is 0 Å². The first-order valence-electron chi connectivity index (χ1n) is 8.68. The molecule has 2 fully saturated rings. The number of ketones is 1. The molecule has 1 aliphatic carbocycles. The van der Waals surface area contributed by atoms with Crippen molar-refractivity contribution in [2.24, 2.45) is 5.92 Å². The Morgan fingerprint density at radius 2 is 1.52 bits per heavy atom. The lowest BCUT2D eigenvalue weighted by Crippen LogP contribution is -2.29. The monoisotopic (exact) mass is 285 g/mol. The van der Waals surface area contributed by atoms with Gasteiger partial charge in [-0.2, -0.15) is 0 Å². The number of carbonyl (C=O) groups excluding carboxylic acids is 1. The summed E-state index contributed by atoms with van der Waals surface area (Å²) < 4.78 is 0. The number of nitrogens with zero attached hydrogens (tertiary/aromatic N) is 1. The van der Waals surface area contributed by atoms with E-state index in [9.17, 15) is 4.79 Å². The van der Waals surface area contributed by atoms with E-state index in [1.807, 2.05) is 0 Å². The quantitative estimate of drug-likeness (QED) is 0.762. The second-order valence-corrected chi connectivity index (χ2v) is 6.73. The third-order valence-corrected chi connectivity index (χ3v) is 5.07. The van der Waals surface area contributed by atoms with Gasteiger partial charge in [0.1, 0.15) is 0 Å². The van der Waals surface area contributed by atoms with Gasteiger partial charge in [0.15, 0.2) is 5.78 Å². The van der Waals surface area contributed by atoms with Crippen LogP contribution in [0.25, 0.3) is 0 Å². The van der Waals surface area contributed by atoms with Crippen LogP contribution in [-0.4, -0.2) is 23.8 Å². The minimum absolute atomic E-state index is 0.284. The largest absolute Gasteiger partial charge is 0.299 e. The summed E-state index contributed by atoms with van der Waals surface area (Å²) in [6, 6.07) is 8.42. The van der Waals surface area contributed by atoms with Crippen LogP contribution in [0.1, 0.15) is 67.3 Å². The number of likely N-dealkylation sites (tertiary alicyclic amines) is 1. The molecular formula is C19H27NO. The fourth-order valence-electron chi connectivity index (χ4n) is 3.75. The minimum atomic E-state index is 0.284. The van der Waals surface area contributed by atoms with Crippen molar-refractivity contribution in [2.75, 3.05) is 13.1 Å². The molecule has 2 nitrogen and oxygen atoms in total. The summed E-state index contributed by atoms with van der Waals surface area (Å²) in [6.07, 6.45) is 9.98. The molecule has 0 atom stereocenters. The Kier molecular flexibility index (Phi) is 5.08. The van der Waals surface area contributed by atoms with Crippen LogP contribution in [0.5, 0.6) is 0 Å². The molecule has 3 rings (SSSR count). The maximum absolute atomic E-state index is 12.5. The summed E-state index contributed by atoms with van der Waals surface area (Å²) in [5, 5.41) is 0. The van der Waals surface area contributed by atoms with Gasteiger partial charge in [0, 0.05) is 18.0 Å². The Balaban J connectivity index is 1.59. The minimum Gasteiger partial charge on any atom is -0.299 e. The third kappa shape index (κ3) is 3.94. The van der Waals surface area contributed by atoms with E-state index < -0.39 is 0 Å². The van der Waals surface area contributed by atoms with Crippen molar-refractivity contribution in [3.05, 3.63) is 35.4 Å². The predicted molar refractivity (Wildman–Crippen MR) is 86.5 cm³/mol. The highest BCUT2D eigenvalue weighted by Gasteiger charge is 2.22. The summed E-state index contributed by atoms with van der Waals surface area (Å²) in [7, 11) is 0. The highest BCUT2D eigenvalue weighted by atomic mass is 16.1. The number of carbonyl (C=O) groups is 1. The second-order valence-electron chi connectivity index (χ2n) is 6.73. The van der Waals surface area contributed by atoms with Crippen molar-refractivity contribution < 1.29 is 4.79 Å². The Morgan fingerprint density at radius 1 is 0.905 bits per heavy atom.